The number of hydrogen-bond acceptors (Lipinski definition) is 2. The van der Waals surface area contributed by atoms with Crippen LogP contribution in [0.3, 0.4) is 0 Å². The highest BCUT2D eigenvalue weighted by Crippen LogP contribution is 2.29. The Morgan fingerprint density at radius 2 is 2.00 bits per heavy atom. The molecule has 0 heterocycles. The number of rotatable bonds is 4. The Hall–Kier alpha value is -1.51. The molecule has 0 aliphatic heterocycles. The van der Waals surface area contributed by atoms with Crippen LogP contribution in [-0.4, -0.2) is 17.6 Å². The van der Waals surface area contributed by atoms with Crippen LogP contribution in [0.4, 0.5) is 5.69 Å². The van der Waals surface area contributed by atoms with Crippen LogP contribution in [0.5, 0.6) is 0 Å². The van der Waals surface area contributed by atoms with Crippen molar-refractivity contribution in [2.45, 2.75) is 26.2 Å². The lowest BCUT2D eigenvalue weighted by Crippen LogP contribution is -2.29. The largest absolute Gasteiger partial charge is 0.481 e. The maximum absolute atomic E-state index is 11.2. The van der Waals surface area contributed by atoms with Crippen molar-refractivity contribution in [3.05, 3.63) is 29.8 Å². The van der Waals surface area contributed by atoms with Gasteiger partial charge in [-0.1, -0.05) is 18.2 Å². The Morgan fingerprint density at radius 3 is 2.53 bits per heavy atom. The quantitative estimate of drug-likeness (QED) is 0.797. The molecule has 0 amide bonds. The molecule has 0 aliphatic carbocycles. The first-order chi connectivity index (χ1) is 7.00. The summed E-state index contributed by atoms with van der Waals surface area (Å²) in [5, 5.41) is 12.3. The molecular weight excluding hydrogens is 190 g/mol. The molecule has 1 aromatic rings. The van der Waals surface area contributed by atoms with Crippen molar-refractivity contribution in [1.82, 2.24) is 0 Å². The molecule has 0 spiro atoms. The van der Waals surface area contributed by atoms with Gasteiger partial charge in [0, 0.05) is 12.2 Å². The molecule has 1 rings (SSSR count). The Balaban J connectivity index is 3.18. The third-order valence-electron chi connectivity index (χ3n) is 2.50. The lowest BCUT2D eigenvalue weighted by atomic mass is 9.83. The number of carboxylic acid groups (broad SMARTS) is 1. The van der Waals surface area contributed by atoms with Gasteiger partial charge in [-0.15, -0.1) is 0 Å². The molecule has 0 bridgehead atoms. The van der Waals surface area contributed by atoms with E-state index in [2.05, 4.69) is 5.32 Å². The lowest BCUT2D eigenvalue weighted by molar-refractivity contribution is -0.142. The minimum Gasteiger partial charge on any atom is -0.481 e. The van der Waals surface area contributed by atoms with Crippen molar-refractivity contribution in [2.75, 3.05) is 11.9 Å². The zero-order chi connectivity index (χ0) is 11.5. The first-order valence-corrected chi connectivity index (χ1v) is 5.07. The fraction of sp³-hybridized carbons (Fsp3) is 0.417. The summed E-state index contributed by atoms with van der Waals surface area (Å²) in [6.07, 6.45) is 0. The van der Waals surface area contributed by atoms with E-state index in [9.17, 15) is 4.79 Å². The van der Waals surface area contributed by atoms with Gasteiger partial charge >= 0.3 is 5.97 Å². The van der Waals surface area contributed by atoms with Crippen LogP contribution in [-0.2, 0) is 10.2 Å². The van der Waals surface area contributed by atoms with E-state index < -0.39 is 11.4 Å². The minimum atomic E-state index is -0.862. The molecule has 1 aromatic carbocycles. The maximum atomic E-state index is 11.2. The van der Waals surface area contributed by atoms with Gasteiger partial charge in [-0.3, -0.25) is 4.79 Å². The third kappa shape index (κ3) is 2.29. The number of benzene rings is 1. The summed E-state index contributed by atoms with van der Waals surface area (Å²) in [7, 11) is 0. The Kier molecular flexibility index (Phi) is 3.35. The first kappa shape index (κ1) is 11.6. The summed E-state index contributed by atoms with van der Waals surface area (Å²) in [5.41, 5.74) is 0.852. The van der Waals surface area contributed by atoms with Crippen LogP contribution in [0.2, 0.25) is 0 Å². The average Bonchev–Trinajstić information content (AvgIpc) is 2.18. The average molecular weight is 207 g/mol. The van der Waals surface area contributed by atoms with Crippen molar-refractivity contribution in [3.8, 4) is 0 Å². The molecule has 0 saturated heterocycles. The normalized spacial score (nSPS) is 11.1. The predicted octanol–water partition coefficient (Wildman–Crippen LogP) is 2.48. The van der Waals surface area contributed by atoms with E-state index in [4.69, 9.17) is 5.11 Å². The van der Waals surface area contributed by atoms with Crippen molar-refractivity contribution >= 4 is 11.7 Å². The summed E-state index contributed by atoms with van der Waals surface area (Å²) < 4.78 is 0. The molecule has 0 aliphatic rings. The van der Waals surface area contributed by atoms with E-state index in [1.54, 1.807) is 13.8 Å². The molecule has 3 heteroatoms. The summed E-state index contributed by atoms with van der Waals surface area (Å²) in [5.74, 6) is -0.812. The van der Waals surface area contributed by atoms with Gasteiger partial charge in [0.2, 0.25) is 0 Å². The van der Waals surface area contributed by atoms with Gasteiger partial charge in [-0.2, -0.15) is 0 Å². The topological polar surface area (TPSA) is 49.3 Å². The van der Waals surface area contributed by atoms with Crippen LogP contribution in [0.1, 0.15) is 26.3 Å². The maximum Gasteiger partial charge on any atom is 0.313 e. The van der Waals surface area contributed by atoms with E-state index in [1.165, 1.54) is 0 Å². The van der Waals surface area contributed by atoms with E-state index in [0.717, 1.165) is 17.8 Å². The molecular formula is C12H17NO2. The van der Waals surface area contributed by atoms with Gasteiger partial charge in [0.1, 0.15) is 0 Å². The summed E-state index contributed by atoms with van der Waals surface area (Å²) in [4.78, 5) is 11.2. The van der Waals surface area contributed by atoms with Crippen LogP contribution in [0.25, 0.3) is 0 Å². The zero-order valence-electron chi connectivity index (χ0n) is 9.37. The second-order valence-electron chi connectivity index (χ2n) is 4.01. The molecule has 0 radical (unpaired) electrons. The molecule has 0 aromatic heterocycles. The second-order valence-corrected chi connectivity index (χ2v) is 4.01. The molecule has 82 valence electrons. The van der Waals surface area contributed by atoms with Gasteiger partial charge in [-0.25, -0.2) is 0 Å². The fourth-order valence-electron chi connectivity index (χ4n) is 1.49. The van der Waals surface area contributed by atoms with Crippen LogP contribution >= 0.6 is 0 Å². The highest BCUT2D eigenvalue weighted by Gasteiger charge is 2.31. The van der Waals surface area contributed by atoms with E-state index in [0.29, 0.717) is 0 Å². The number of carboxylic acids is 1. The van der Waals surface area contributed by atoms with Crippen LogP contribution in [0, 0.1) is 0 Å². The summed E-state index contributed by atoms with van der Waals surface area (Å²) in [6, 6.07) is 7.52. The highest BCUT2D eigenvalue weighted by molar-refractivity contribution is 5.83. The van der Waals surface area contributed by atoms with Crippen molar-refractivity contribution in [2.24, 2.45) is 0 Å². The predicted molar refractivity (Wildman–Crippen MR) is 61.3 cm³/mol. The number of anilines is 1. The molecule has 3 nitrogen and oxygen atoms in total. The molecule has 2 N–H and O–H groups in total. The molecule has 0 fully saturated rings. The van der Waals surface area contributed by atoms with Gasteiger partial charge in [-0.05, 0) is 32.4 Å². The number of aliphatic carboxylic acids is 1. The summed E-state index contributed by atoms with van der Waals surface area (Å²) in [6.45, 7) is 6.20. The molecule has 0 atom stereocenters. The number of carbonyl (C=O) groups is 1. The Bertz CT molecular complexity index is 358. The van der Waals surface area contributed by atoms with Gasteiger partial charge in [0.05, 0.1) is 5.41 Å². The monoisotopic (exact) mass is 207 g/mol. The minimum absolute atomic E-state index is 0.784. The van der Waals surface area contributed by atoms with E-state index in [-0.39, 0.29) is 0 Å². The van der Waals surface area contributed by atoms with Gasteiger partial charge in [0.25, 0.3) is 0 Å². The van der Waals surface area contributed by atoms with E-state index in [1.807, 2.05) is 31.2 Å². The van der Waals surface area contributed by atoms with Crippen molar-refractivity contribution in [1.29, 1.82) is 0 Å². The van der Waals surface area contributed by atoms with Crippen molar-refractivity contribution < 1.29 is 9.90 Å². The molecule has 15 heavy (non-hydrogen) atoms. The zero-order valence-corrected chi connectivity index (χ0v) is 9.37. The lowest BCUT2D eigenvalue weighted by Gasteiger charge is -2.23. The third-order valence-corrected chi connectivity index (χ3v) is 2.50. The smallest absolute Gasteiger partial charge is 0.313 e. The van der Waals surface area contributed by atoms with Gasteiger partial charge in [0.15, 0.2) is 0 Å². The first-order valence-electron chi connectivity index (χ1n) is 5.07. The van der Waals surface area contributed by atoms with Crippen LogP contribution in [0.15, 0.2) is 24.3 Å². The number of para-hydroxylation sites is 1. The fourth-order valence-corrected chi connectivity index (χ4v) is 1.49. The van der Waals surface area contributed by atoms with Gasteiger partial charge < -0.3 is 10.4 Å². The standard InChI is InChI=1S/C12H17NO2/c1-4-13-10-8-6-5-7-9(10)12(2,3)11(14)15/h5-8,13H,4H2,1-3H3,(H,14,15). The van der Waals surface area contributed by atoms with Crippen LogP contribution < -0.4 is 5.32 Å². The molecule has 0 saturated carbocycles. The highest BCUT2D eigenvalue weighted by atomic mass is 16.4. The Labute approximate surface area is 90.1 Å². The number of hydrogen-bond donors (Lipinski definition) is 2. The number of nitrogens with one attached hydrogen (secondary N) is 1. The second kappa shape index (κ2) is 4.34. The van der Waals surface area contributed by atoms with E-state index >= 15 is 0 Å². The molecule has 0 unspecified atom stereocenters. The van der Waals surface area contributed by atoms with Crippen molar-refractivity contribution in [3.63, 3.8) is 0 Å². The summed E-state index contributed by atoms with van der Waals surface area (Å²) >= 11 is 0. The Morgan fingerprint density at radius 1 is 1.40 bits per heavy atom. The SMILES string of the molecule is CCNc1ccccc1C(C)(C)C(=O)O.